The zero-order valence-electron chi connectivity index (χ0n) is 15.0. The van der Waals surface area contributed by atoms with Gasteiger partial charge in [-0.3, -0.25) is 9.79 Å². The quantitative estimate of drug-likeness (QED) is 0.506. The molecule has 144 valence electrons. The largest absolute Gasteiger partial charge is 0.379 e. The summed E-state index contributed by atoms with van der Waals surface area (Å²) in [6.07, 6.45) is 0.678. The molecule has 0 saturated carbocycles. The first-order chi connectivity index (χ1) is 13.3. The Morgan fingerprint density at radius 2 is 2.11 bits per heavy atom. The standard InChI is InChI=1S/C20H17BrFN3OS2/c1-20(6-7-27-19(23)25-20)14-10-13(3-4-15(14)22)24-18(26)17-9-11-8-12(21)2-5-16(11)28-17/h2-5,8-10H,6-7H2,1H3,(H2,23,25)(H,24,26). The molecule has 0 radical (unpaired) electrons. The van der Waals surface area contributed by atoms with E-state index in [1.165, 1.54) is 29.2 Å². The van der Waals surface area contributed by atoms with Crippen molar-refractivity contribution in [1.29, 1.82) is 0 Å². The van der Waals surface area contributed by atoms with Crippen LogP contribution in [0, 0.1) is 5.82 Å². The van der Waals surface area contributed by atoms with E-state index in [1.807, 2.05) is 31.2 Å². The van der Waals surface area contributed by atoms with E-state index in [2.05, 4.69) is 26.2 Å². The third-order valence-corrected chi connectivity index (χ3v) is 7.11. The molecule has 0 aliphatic carbocycles. The number of nitrogens with zero attached hydrogens (tertiary/aromatic N) is 1. The lowest BCUT2D eigenvalue weighted by atomic mass is 9.89. The maximum atomic E-state index is 14.5. The minimum atomic E-state index is -0.732. The van der Waals surface area contributed by atoms with Crippen molar-refractivity contribution in [2.24, 2.45) is 10.7 Å². The van der Waals surface area contributed by atoms with E-state index in [4.69, 9.17) is 5.73 Å². The first kappa shape index (κ1) is 19.4. The highest BCUT2D eigenvalue weighted by Gasteiger charge is 2.32. The minimum Gasteiger partial charge on any atom is -0.379 e. The van der Waals surface area contributed by atoms with E-state index >= 15 is 0 Å². The summed E-state index contributed by atoms with van der Waals surface area (Å²) in [7, 11) is 0. The van der Waals surface area contributed by atoms with Crippen LogP contribution in [0.2, 0.25) is 0 Å². The van der Waals surface area contributed by atoms with Crippen molar-refractivity contribution >= 4 is 65.9 Å². The maximum absolute atomic E-state index is 14.5. The van der Waals surface area contributed by atoms with Crippen molar-refractivity contribution in [1.82, 2.24) is 0 Å². The molecular formula is C20H17BrFN3OS2. The van der Waals surface area contributed by atoms with Gasteiger partial charge in [0, 0.05) is 26.2 Å². The topological polar surface area (TPSA) is 67.5 Å². The summed E-state index contributed by atoms with van der Waals surface area (Å²) in [5, 5.41) is 4.34. The molecule has 0 spiro atoms. The number of nitrogens with two attached hydrogens (primary N) is 1. The normalized spacial score (nSPS) is 19.5. The van der Waals surface area contributed by atoms with Gasteiger partial charge in [-0.25, -0.2) is 4.39 Å². The van der Waals surface area contributed by atoms with Crippen LogP contribution < -0.4 is 11.1 Å². The van der Waals surface area contributed by atoms with Gasteiger partial charge in [-0.05, 0) is 61.2 Å². The van der Waals surface area contributed by atoms with Gasteiger partial charge < -0.3 is 11.1 Å². The molecule has 1 aliphatic rings. The average Bonchev–Trinajstić information content (AvgIpc) is 3.06. The summed E-state index contributed by atoms with van der Waals surface area (Å²) in [5.41, 5.74) is 6.10. The molecule has 3 aromatic rings. The number of fused-ring (bicyclic) bond motifs is 1. The van der Waals surface area contributed by atoms with Crippen LogP contribution in [0.5, 0.6) is 0 Å². The molecule has 8 heteroatoms. The van der Waals surface area contributed by atoms with Gasteiger partial charge in [0.2, 0.25) is 0 Å². The lowest BCUT2D eigenvalue weighted by molar-refractivity contribution is 0.103. The number of halogens is 2. The van der Waals surface area contributed by atoms with Crippen LogP contribution in [0.4, 0.5) is 10.1 Å². The molecule has 4 rings (SSSR count). The van der Waals surface area contributed by atoms with Crippen molar-refractivity contribution in [2.75, 3.05) is 11.1 Å². The average molecular weight is 478 g/mol. The highest BCUT2D eigenvalue weighted by molar-refractivity contribution is 9.10. The van der Waals surface area contributed by atoms with E-state index in [0.717, 1.165) is 20.3 Å². The van der Waals surface area contributed by atoms with Crippen molar-refractivity contribution in [3.05, 3.63) is 63.2 Å². The van der Waals surface area contributed by atoms with Gasteiger partial charge in [0.25, 0.3) is 5.91 Å². The van der Waals surface area contributed by atoms with Crippen molar-refractivity contribution in [3.8, 4) is 0 Å². The first-order valence-electron chi connectivity index (χ1n) is 8.63. The van der Waals surface area contributed by atoms with Crippen molar-refractivity contribution in [3.63, 3.8) is 0 Å². The molecule has 1 atom stereocenters. The van der Waals surface area contributed by atoms with E-state index in [0.29, 0.717) is 27.7 Å². The minimum absolute atomic E-state index is 0.220. The fourth-order valence-corrected chi connectivity index (χ4v) is 5.51. The smallest absolute Gasteiger partial charge is 0.265 e. The third kappa shape index (κ3) is 3.81. The maximum Gasteiger partial charge on any atom is 0.265 e. The number of rotatable bonds is 3. The molecule has 0 saturated heterocycles. The highest BCUT2D eigenvalue weighted by atomic mass is 79.9. The summed E-state index contributed by atoms with van der Waals surface area (Å²) in [4.78, 5) is 17.8. The molecule has 0 bridgehead atoms. The molecule has 4 nitrogen and oxygen atoms in total. The first-order valence-corrected chi connectivity index (χ1v) is 11.2. The van der Waals surface area contributed by atoms with Gasteiger partial charge >= 0.3 is 0 Å². The Morgan fingerprint density at radius 3 is 2.89 bits per heavy atom. The number of benzene rings is 2. The molecule has 0 fully saturated rings. The van der Waals surface area contributed by atoms with Gasteiger partial charge in [0.15, 0.2) is 5.17 Å². The molecule has 2 heterocycles. The monoisotopic (exact) mass is 477 g/mol. The summed E-state index contributed by atoms with van der Waals surface area (Å²) in [6, 6.07) is 12.3. The molecule has 28 heavy (non-hydrogen) atoms. The van der Waals surface area contributed by atoms with Gasteiger partial charge in [-0.15, -0.1) is 11.3 Å². The van der Waals surface area contributed by atoms with Gasteiger partial charge in [-0.1, -0.05) is 27.7 Å². The number of hydrogen-bond acceptors (Lipinski definition) is 5. The molecule has 1 amide bonds. The number of thioether (sulfide) groups is 1. The zero-order valence-corrected chi connectivity index (χ0v) is 18.2. The van der Waals surface area contributed by atoms with Crippen molar-refractivity contribution < 1.29 is 9.18 Å². The second-order valence-electron chi connectivity index (χ2n) is 6.76. The second kappa shape index (κ2) is 7.50. The summed E-state index contributed by atoms with van der Waals surface area (Å²) in [6.45, 7) is 1.87. The van der Waals surface area contributed by atoms with E-state index in [-0.39, 0.29) is 11.7 Å². The number of anilines is 1. The van der Waals surface area contributed by atoms with Crippen LogP contribution in [-0.2, 0) is 5.54 Å². The Morgan fingerprint density at radius 1 is 1.29 bits per heavy atom. The van der Waals surface area contributed by atoms with Gasteiger partial charge in [-0.2, -0.15) is 0 Å². The summed E-state index contributed by atoms with van der Waals surface area (Å²) >= 11 is 6.33. The predicted molar refractivity (Wildman–Crippen MR) is 120 cm³/mol. The number of amidine groups is 1. The SMILES string of the molecule is CC1(c2cc(NC(=O)c3cc4cc(Br)ccc4s3)ccc2F)CCSC(N)=N1. The number of amides is 1. The molecule has 2 aromatic carbocycles. The van der Waals surface area contributed by atoms with Gasteiger partial charge in [0.05, 0.1) is 10.4 Å². The number of carbonyl (C=O) groups is 1. The second-order valence-corrected chi connectivity index (χ2v) is 9.88. The number of aliphatic imine (C=N–C) groups is 1. The number of carbonyl (C=O) groups excluding carboxylic acids is 1. The fourth-order valence-electron chi connectivity index (χ4n) is 3.22. The Balaban J connectivity index is 1.62. The van der Waals surface area contributed by atoms with Crippen LogP contribution in [0.15, 0.2) is 51.9 Å². The highest BCUT2D eigenvalue weighted by Crippen LogP contribution is 2.37. The predicted octanol–water partition coefficient (Wildman–Crippen LogP) is 5.72. The zero-order chi connectivity index (χ0) is 19.9. The molecule has 1 aromatic heterocycles. The van der Waals surface area contributed by atoms with E-state index < -0.39 is 5.54 Å². The molecule has 1 aliphatic heterocycles. The lowest BCUT2D eigenvalue weighted by Crippen LogP contribution is -2.29. The Hall–Kier alpha value is -1.90. The Labute approximate surface area is 178 Å². The van der Waals surface area contributed by atoms with Gasteiger partial charge in [0.1, 0.15) is 5.82 Å². The number of nitrogens with one attached hydrogen (secondary N) is 1. The summed E-state index contributed by atoms with van der Waals surface area (Å²) < 4.78 is 16.5. The Kier molecular flexibility index (Phi) is 5.20. The lowest BCUT2D eigenvalue weighted by Gasteiger charge is -2.30. The van der Waals surface area contributed by atoms with Crippen LogP contribution >= 0.6 is 39.0 Å². The number of thiophene rings is 1. The molecule has 3 N–H and O–H groups in total. The Bertz CT molecular complexity index is 1110. The van der Waals surface area contributed by atoms with Crippen LogP contribution in [0.25, 0.3) is 10.1 Å². The van der Waals surface area contributed by atoms with Crippen molar-refractivity contribution in [2.45, 2.75) is 18.9 Å². The summed E-state index contributed by atoms with van der Waals surface area (Å²) in [5.74, 6) is 0.206. The molecular weight excluding hydrogens is 461 g/mol. The van der Waals surface area contributed by atoms with Crippen LogP contribution in [0.3, 0.4) is 0 Å². The fraction of sp³-hybridized carbons (Fsp3) is 0.200. The van der Waals surface area contributed by atoms with E-state index in [1.54, 1.807) is 12.1 Å². The van der Waals surface area contributed by atoms with Crippen LogP contribution in [-0.4, -0.2) is 16.8 Å². The van der Waals surface area contributed by atoms with E-state index in [9.17, 15) is 9.18 Å². The number of hydrogen-bond donors (Lipinski definition) is 2. The molecule has 1 unspecified atom stereocenters. The van der Waals surface area contributed by atoms with Crippen LogP contribution in [0.1, 0.15) is 28.6 Å². The third-order valence-electron chi connectivity index (χ3n) is 4.70.